The predicted octanol–water partition coefficient (Wildman–Crippen LogP) is 2.75. The molecule has 0 spiro atoms. The molecule has 0 bridgehead atoms. The fraction of sp³-hybridized carbons (Fsp3) is 0.455. The van der Waals surface area contributed by atoms with Crippen LogP contribution in [0.5, 0.6) is 11.5 Å². The molecule has 14 heavy (non-hydrogen) atoms. The van der Waals surface area contributed by atoms with Gasteiger partial charge < -0.3 is 9.47 Å². The molecule has 2 rings (SSSR count). The summed E-state index contributed by atoms with van der Waals surface area (Å²) in [7, 11) is 1.69. The van der Waals surface area contributed by atoms with E-state index in [-0.39, 0.29) is 12.4 Å². The molecule has 1 aromatic rings. The van der Waals surface area contributed by atoms with Crippen LogP contribution in [0.4, 0.5) is 0 Å². The van der Waals surface area contributed by atoms with Gasteiger partial charge in [-0.3, -0.25) is 0 Å². The smallest absolute Gasteiger partial charge is 0.129 e. The van der Waals surface area contributed by atoms with Gasteiger partial charge in [0, 0.05) is 5.56 Å². The first-order valence-electron chi connectivity index (χ1n) is 4.62. The Kier molecular flexibility index (Phi) is 3.64. The maximum Gasteiger partial charge on any atom is 0.129 e. The highest BCUT2D eigenvalue weighted by Gasteiger charge is 2.14. The summed E-state index contributed by atoms with van der Waals surface area (Å²) >= 11 is 0. The summed E-state index contributed by atoms with van der Waals surface area (Å²) < 4.78 is 10.8. The van der Waals surface area contributed by atoms with E-state index in [2.05, 4.69) is 6.07 Å². The Bertz CT molecular complexity index is 323. The Hall–Kier alpha value is -0.890. The van der Waals surface area contributed by atoms with Crippen LogP contribution in [-0.4, -0.2) is 13.7 Å². The quantitative estimate of drug-likeness (QED) is 0.716. The van der Waals surface area contributed by atoms with Crippen LogP contribution in [0.1, 0.15) is 17.5 Å². The molecule has 78 valence electrons. The first kappa shape index (κ1) is 11.2. The van der Waals surface area contributed by atoms with Crippen LogP contribution >= 0.6 is 12.4 Å². The second-order valence-electron chi connectivity index (χ2n) is 3.33. The molecule has 0 amide bonds. The maximum absolute atomic E-state index is 5.62. The summed E-state index contributed by atoms with van der Waals surface area (Å²) in [6, 6.07) is 4.11. The first-order valence-corrected chi connectivity index (χ1v) is 4.62. The lowest BCUT2D eigenvalue weighted by atomic mass is 10.0. The van der Waals surface area contributed by atoms with Gasteiger partial charge in [-0.1, -0.05) is 6.07 Å². The third-order valence-electron chi connectivity index (χ3n) is 2.49. The third kappa shape index (κ3) is 1.80. The van der Waals surface area contributed by atoms with Gasteiger partial charge in [-0.2, -0.15) is 0 Å². The molecule has 0 aliphatic carbocycles. The minimum atomic E-state index is 0. The lowest BCUT2D eigenvalue weighted by molar-refractivity contribution is 0.283. The molecule has 3 heteroatoms. The molecule has 0 saturated heterocycles. The van der Waals surface area contributed by atoms with Crippen molar-refractivity contribution in [2.24, 2.45) is 0 Å². The van der Waals surface area contributed by atoms with Gasteiger partial charge in [0.15, 0.2) is 0 Å². The van der Waals surface area contributed by atoms with Crippen molar-refractivity contribution in [2.45, 2.75) is 19.8 Å². The summed E-state index contributed by atoms with van der Waals surface area (Å²) in [5.74, 6) is 1.95. The Morgan fingerprint density at radius 3 is 2.86 bits per heavy atom. The van der Waals surface area contributed by atoms with Crippen molar-refractivity contribution in [3.05, 3.63) is 23.3 Å². The third-order valence-corrected chi connectivity index (χ3v) is 2.49. The minimum absolute atomic E-state index is 0. The molecule has 0 unspecified atom stereocenters. The average molecular weight is 215 g/mol. The number of fused-ring (bicyclic) bond motifs is 1. The van der Waals surface area contributed by atoms with Crippen molar-refractivity contribution in [3.63, 3.8) is 0 Å². The number of methoxy groups -OCH3 is 1. The molecule has 0 saturated carbocycles. The highest BCUT2D eigenvalue weighted by atomic mass is 35.5. The zero-order chi connectivity index (χ0) is 9.26. The number of hydrogen-bond acceptors (Lipinski definition) is 2. The highest BCUT2D eigenvalue weighted by Crippen LogP contribution is 2.34. The second kappa shape index (κ2) is 4.56. The molecule has 2 nitrogen and oxygen atoms in total. The standard InChI is InChI=1S/C11H14O2.ClH/c1-8-10(12-2)6-5-9-4-3-7-13-11(8)9;/h5-6H,3-4,7H2,1-2H3;1H. The van der Waals surface area contributed by atoms with Gasteiger partial charge in [0.05, 0.1) is 13.7 Å². The van der Waals surface area contributed by atoms with Gasteiger partial charge >= 0.3 is 0 Å². The molecule has 1 heterocycles. The monoisotopic (exact) mass is 214 g/mol. The minimum Gasteiger partial charge on any atom is -0.496 e. The van der Waals surface area contributed by atoms with Crippen LogP contribution in [-0.2, 0) is 6.42 Å². The van der Waals surface area contributed by atoms with Crippen LogP contribution in [0.25, 0.3) is 0 Å². The number of aryl methyl sites for hydroxylation is 1. The van der Waals surface area contributed by atoms with E-state index in [0.717, 1.165) is 36.5 Å². The van der Waals surface area contributed by atoms with E-state index < -0.39 is 0 Å². The predicted molar refractivity (Wildman–Crippen MR) is 58.8 cm³/mol. The number of rotatable bonds is 1. The maximum atomic E-state index is 5.62. The molecule has 0 fully saturated rings. The van der Waals surface area contributed by atoms with Gasteiger partial charge in [-0.05, 0) is 31.4 Å². The van der Waals surface area contributed by atoms with E-state index >= 15 is 0 Å². The fourth-order valence-corrected chi connectivity index (χ4v) is 1.79. The molecule has 0 aromatic heterocycles. The largest absolute Gasteiger partial charge is 0.496 e. The zero-order valence-electron chi connectivity index (χ0n) is 8.50. The van der Waals surface area contributed by atoms with Crippen LogP contribution in [0.15, 0.2) is 12.1 Å². The zero-order valence-corrected chi connectivity index (χ0v) is 9.32. The molecular formula is C11H15ClO2. The molecule has 0 N–H and O–H groups in total. The molecule has 1 aromatic carbocycles. The Balaban J connectivity index is 0.000000980. The normalized spacial score (nSPS) is 13.6. The Morgan fingerprint density at radius 2 is 2.14 bits per heavy atom. The van der Waals surface area contributed by atoms with Gasteiger partial charge in [-0.15, -0.1) is 12.4 Å². The van der Waals surface area contributed by atoms with E-state index in [1.165, 1.54) is 5.56 Å². The van der Waals surface area contributed by atoms with E-state index in [4.69, 9.17) is 9.47 Å². The van der Waals surface area contributed by atoms with Crippen LogP contribution in [0.3, 0.4) is 0 Å². The summed E-state index contributed by atoms with van der Waals surface area (Å²) in [4.78, 5) is 0. The molecule has 0 atom stereocenters. The van der Waals surface area contributed by atoms with Crippen LogP contribution < -0.4 is 9.47 Å². The van der Waals surface area contributed by atoms with E-state index in [0.29, 0.717) is 0 Å². The molecule has 0 radical (unpaired) electrons. The summed E-state index contributed by atoms with van der Waals surface area (Å²) in [5.41, 5.74) is 2.43. The number of ether oxygens (including phenoxy) is 2. The number of hydrogen-bond donors (Lipinski definition) is 0. The van der Waals surface area contributed by atoms with Crippen LogP contribution in [0, 0.1) is 6.92 Å². The van der Waals surface area contributed by atoms with E-state index in [9.17, 15) is 0 Å². The van der Waals surface area contributed by atoms with Gasteiger partial charge in [0.25, 0.3) is 0 Å². The van der Waals surface area contributed by atoms with Crippen molar-refractivity contribution in [3.8, 4) is 11.5 Å². The first-order chi connectivity index (χ1) is 6.33. The lowest BCUT2D eigenvalue weighted by Gasteiger charge is -2.20. The summed E-state index contributed by atoms with van der Waals surface area (Å²) in [5, 5.41) is 0. The van der Waals surface area contributed by atoms with Gasteiger partial charge in [0.2, 0.25) is 0 Å². The fourth-order valence-electron chi connectivity index (χ4n) is 1.79. The van der Waals surface area contributed by atoms with Crippen LogP contribution in [0.2, 0.25) is 0 Å². The molecule has 1 aliphatic rings. The second-order valence-corrected chi connectivity index (χ2v) is 3.33. The van der Waals surface area contributed by atoms with Crippen molar-refractivity contribution in [2.75, 3.05) is 13.7 Å². The molecular weight excluding hydrogens is 200 g/mol. The lowest BCUT2D eigenvalue weighted by Crippen LogP contribution is -2.09. The number of benzene rings is 1. The van der Waals surface area contributed by atoms with Crippen molar-refractivity contribution >= 4 is 12.4 Å². The van der Waals surface area contributed by atoms with Crippen molar-refractivity contribution < 1.29 is 9.47 Å². The van der Waals surface area contributed by atoms with Crippen molar-refractivity contribution in [1.82, 2.24) is 0 Å². The van der Waals surface area contributed by atoms with Crippen molar-refractivity contribution in [1.29, 1.82) is 0 Å². The number of halogens is 1. The van der Waals surface area contributed by atoms with E-state index in [1.54, 1.807) is 7.11 Å². The van der Waals surface area contributed by atoms with E-state index in [1.807, 2.05) is 13.0 Å². The molecule has 1 aliphatic heterocycles. The summed E-state index contributed by atoms with van der Waals surface area (Å²) in [6.45, 7) is 2.88. The Labute approximate surface area is 90.6 Å². The summed E-state index contributed by atoms with van der Waals surface area (Å²) in [6.07, 6.45) is 2.25. The average Bonchev–Trinajstić information content (AvgIpc) is 2.19. The topological polar surface area (TPSA) is 18.5 Å². The highest BCUT2D eigenvalue weighted by molar-refractivity contribution is 5.85. The SMILES string of the molecule is COc1ccc2c(c1C)OCCC2.Cl. The van der Waals surface area contributed by atoms with Gasteiger partial charge in [0.1, 0.15) is 11.5 Å². The van der Waals surface area contributed by atoms with Gasteiger partial charge in [-0.25, -0.2) is 0 Å². The Morgan fingerprint density at radius 1 is 1.36 bits per heavy atom.